The van der Waals surface area contributed by atoms with E-state index in [0.29, 0.717) is 0 Å². The number of rotatable bonds is 0. The molecule has 16 heavy (non-hydrogen) atoms. The maximum Gasteiger partial charge on any atom is 0.128 e. The molecule has 0 aromatic carbocycles. The molecular formula is C13H22N2O. The van der Waals surface area contributed by atoms with Crippen LogP contribution in [-0.4, -0.2) is 37.0 Å². The topological polar surface area (TPSA) is 24.8 Å². The number of hydrogen-bond acceptors (Lipinski definition) is 3. The highest BCUT2D eigenvalue weighted by atomic mass is 16.5. The Bertz CT molecular complexity index is 286. The van der Waals surface area contributed by atoms with Crippen LogP contribution in [0.5, 0.6) is 0 Å². The van der Waals surface area contributed by atoms with Crippen LogP contribution in [0.2, 0.25) is 0 Å². The average Bonchev–Trinajstić information content (AvgIpc) is 2.58. The van der Waals surface area contributed by atoms with E-state index in [4.69, 9.17) is 4.74 Å². The Kier molecular flexibility index (Phi) is 5.86. The van der Waals surface area contributed by atoms with Crippen LogP contribution in [0.25, 0.3) is 0 Å². The molecule has 2 aliphatic heterocycles. The number of amidine groups is 1. The highest BCUT2D eigenvalue weighted by Gasteiger charge is 2.12. The first-order chi connectivity index (χ1) is 7.86. The van der Waals surface area contributed by atoms with Crippen molar-refractivity contribution in [2.24, 2.45) is 4.99 Å². The van der Waals surface area contributed by atoms with Crippen molar-refractivity contribution in [3.8, 4) is 0 Å². The molecule has 2 rings (SSSR count). The van der Waals surface area contributed by atoms with Crippen LogP contribution in [0.4, 0.5) is 0 Å². The molecule has 0 saturated carbocycles. The lowest BCUT2D eigenvalue weighted by atomic mass is 10.2. The number of nitrogens with zero attached hydrogens (tertiary/aromatic N) is 2. The van der Waals surface area contributed by atoms with Crippen molar-refractivity contribution in [2.45, 2.75) is 27.2 Å². The molecule has 2 aliphatic rings. The first kappa shape index (κ1) is 13.0. The maximum absolute atomic E-state index is 5.31. The summed E-state index contributed by atoms with van der Waals surface area (Å²) in [5, 5.41) is 0. The van der Waals surface area contributed by atoms with Gasteiger partial charge in [0.2, 0.25) is 0 Å². The maximum atomic E-state index is 5.31. The molecule has 0 bridgehead atoms. The third-order valence-corrected chi connectivity index (χ3v) is 2.46. The van der Waals surface area contributed by atoms with Gasteiger partial charge < -0.3 is 9.64 Å². The summed E-state index contributed by atoms with van der Waals surface area (Å²) >= 11 is 0. The average molecular weight is 222 g/mol. The van der Waals surface area contributed by atoms with E-state index in [-0.39, 0.29) is 0 Å². The van der Waals surface area contributed by atoms with Crippen molar-refractivity contribution >= 4 is 5.84 Å². The Labute approximate surface area is 98.5 Å². The number of hydrogen-bond donors (Lipinski definition) is 0. The van der Waals surface area contributed by atoms with Gasteiger partial charge in [-0.05, 0) is 19.4 Å². The van der Waals surface area contributed by atoms with Gasteiger partial charge in [-0.15, -0.1) is 0 Å². The smallest absolute Gasteiger partial charge is 0.128 e. The highest BCUT2D eigenvalue weighted by Crippen LogP contribution is 2.09. The molecule has 0 aromatic heterocycles. The van der Waals surface area contributed by atoms with Gasteiger partial charge in [0.1, 0.15) is 5.84 Å². The van der Waals surface area contributed by atoms with E-state index in [1.165, 1.54) is 5.57 Å². The summed E-state index contributed by atoms with van der Waals surface area (Å²) in [6, 6.07) is 0. The van der Waals surface area contributed by atoms with Crippen LogP contribution in [0.3, 0.4) is 0 Å². The molecule has 1 saturated heterocycles. The zero-order valence-electron chi connectivity index (χ0n) is 10.6. The summed E-state index contributed by atoms with van der Waals surface area (Å²) in [4.78, 5) is 6.74. The van der Waals surface area contributed by atoms with Crippen molar-refractivity contribution in [3.05, 3.63) is 23.9 Å². The predicted octanol–water partition coefficient (Wildman–Crippen LogP) is 2.61. The molecule has 0 aromatic rings. The van der Waals surface area contributed by atoms with Crippen molar-refractivity contribution in [1.29, 1.82) is 0 Å². The Morgan fingerprint density at radius 3 is 2.62 bits per heavy atom. The standard InChI is InChI=1S/C11H16N2O.C2H6/c1-10-3-2-4-11(12-9-10)13-5-7-14-8-6-13;1-2/h2,4,9H,3,5-8H2,1H3;1-2H3. The van der Waals surface area contributed by atoms with Gasteiger partial charge in [-0.3, -0.25) is 0 Å². The van der Waals surface area contributed by atoms with Crippen molar-refractivity contribution in [2.75, 3.05) is 26.3 Å². The van der Waals surface area contributed by atoms with Gasteiger partial charge in [0.05, 0.1) is 13.2 Å². The monoisotopic (exact) mass is 222 g/mol. The molecule has 0 atom stereocenters. The molecule has 0 aliphatic carbocycles. The Balaban J connectivity index is 0.000000606. The fourth-order valence-corrected chi connectivity index (χ4v) is 1.60. The zero-order valence-corrected chi connectivity index (χ0v) is 10.6. The molecule has 0 N–H and O–H groups in total. The van der Waals surface area contributed by atoms with E-state index in [1.807, 2.05) is 20.0 Å². The molecule has 0 unspecified atom stereocenters. The first-order valence-electron chi connectivity index (χ1n) is 6.09. The molecule has 2 heterocycles. The molecule has 0 spiro atoms. The summed E-state index contributed by atoms with van der Waals surface area (Å²) in [5.41, 5.74) is 1.31. The lowest BCUT2D eigenvalue weighted by Gasteiger charge is -2.28. The van der Waals surface area contributed by atoms with E-state index in [9.17, 15) is 0 Å². The fraction of sp³-hybridized carbons (Fsp3) is 0.615. The zero-order chi connectivity index (χ0) is 11.8. The fourth-order valence-electron chi connectivity index (χ4n) is 1.60. The van der Waals surface area contributed by atoms with Crippen LogP contribution in [-0.2, 0) is 4.74 Å². The molecule has 90 valence electrons. The van der Waals surface area contributed by atoms with Crippen LogP contribution in [0.1, 0.15) is 27.2 Å². The highest BCUT2D eigenvalue weighted by molar-refractivity contribution is 5.93. The quantitative estimate of drug-likeness (QED) is 0.629. The minimum absolute atomic E-state index is 0.815. The van der Waals surface area contributed by atoms with Gasteiger partial charge >= 0.3 is 0 Å². The lowest BCUT2D eigenvalue weighted by Crippen LogP contribution is -2.39. The van der Waals surface area contributed by atoms with Gasteiger partial charge in [-0.2, -0.15) is 0 Å². The van der Waals surface area contributed by atoms with Crippen molar-refractivity contribution in [1.82, 2.24) is 4.90 Å². The summed E-state index contributed by atoms with van der Waals surface area (Å²) < 4.78 is 5.31. The molecule has 0 radical (unpaired) electrons. The molecule has 1 fully saturated rings. The number of allylic oxidation sites excluding steroid dienone is 2. The van der Waals surface area contributed by atoms with E-state index in [0.717, 1.165) is 38.6 Å². The number of aliphatic imine (C=N–C) groups is 1. The van der Waals surface area contributed by atoms with Crippen LogP contribution >= 0.6 is 0 Å². The third-order valence-electron chi connectivity index (χ3n) is 2.46. The molecule has 0 amide bonds. The molecule has 3 heteroatoms. The van der Waals surface area contributed by atoms with E-state index in [1.54, 1.807) is 0 Å². The van der Waals surface area contributed by atoms with Crippen molar-refractivity contribution in [3.63, 3.8) is 0 Å². The molecule has 3 nitrogen and oxygen atoms in total. The van der Waals surface area contributed by atoms with Gasteiger partial charge in [0.15, 0.2) is 0 Å². The first-order valence-corrected chi connectivity index (χ1v) is 6.09. The Morgan fingerprint density at radius 1 is 1.25 bits per heavy atom. The van der Waals surface area contributed by atoms with E-state index >= 15 is 0 Å². The van der Waals surface area contributed by atoms with Crippen molar-refractivity contribution < 1.29 is 4.74 Å². The molecular weight excluding hydrogens is 200 g/mol. The second-order valence-corrected chi connectivity index (χ2v) is 3.67. The Morgan fingerprint density at radius 2 is 1.94 bits per heavy atom. The van der Waals surface area contributed by atoms with Gasteiger partial charge in [-0.25, -0.2) is 4.99 Å². The van der Waals surface area contributed by atoms with Gasteiger partial charge in [-0.1, -0.05) is 25.5 Å². The van der Waals surface area contributed by atoms with Gasteiger partial charge in [0.25, 0.3) is 0 Å². The minimum atomic E-state index is 0.815. The lowest BCUT2D eigenvalue weighted by molar-refractivity contribution is 0.0684. The summed E-state index contributed by atoms with van der Waals surface area (Å²) in [7, 11) is 0. The second kappa shape index (κ2) is 7.23. The number of ether oxygens (including phenoxy) is 1. The van der Waals surface area contributed by atoms with E-state index < -0.39 is 0 Å². The van der Waals surface area contributed by atoms with Crippen LogP contribution < -0.4 is 0 Å². The Hall–Kier alpha value is -1.09. The normalized spacial score (nSPS) is 20.3. The summed E-state index contributed by atoms with van der Waals surface area (Å²) in [5.74, 6) is 1.07. The van der Waals surface area contributed by atoms with Crippen LogP contribution in [0, 0.1) is 0 Å². The van der Waals surface area contributed by atoms with E-state index in [2.05, 4.69) is 29.0 Å². The minimum Gasteiger partial charge on any atom is -0.378 e. The number of morpholine rings is 1. The second-order valence-electron chi connectivity index (χ2n) is 3.67. The van der Waals surface area contributed by atoms with Crippen LogP contribution in [0.15, 0.2) is 28.9 Å². The summed E-state index contributed by atoms with van der Waals surface area (Å²) in [6.07, 6.45) is 7.26. The SMILES string of the molecule is CC.CC1=CN=C(N2CCOCC2)C=CC1. The summed E-state index contributed by atoms with van der Waals surface area (Å²) in [6.45, 7) is 9.65. The third kappa shape index (κ3) is 3.81. The largest absolute Gasteiger partial charge is 0.378 e. The van der Waals surface area contributed by atoms with Gasteiger partial charge in [0, 0.05) is 19.3 Å². The predicted molar refractivity (Wildman–Crippen MR) is 68.7 cm³/mol.